The first-order chi connectivity index (χ1) is 9.66. The smallest absolute Gasteiger partial charge is 0.258 e. The maximum atomic E-state index is 12.6. The van der Waals surface area contributed by atoms with Crippen molar-refractivity contribution in [3.05, 3.63) is 64.7 Å². The fourth-order valence-corrected chi connectivity index (χ4v) is 2.50. The quantitative estimate of drug-likeness (QED) is 0.803. The molecule has 0 saturated heterocycles. The van der Waals surface area contributed by atoms with Crippen LogP contribution >= 0.6 is 11.6 Å². The maximum Gasteiger partial charge on any atom is 0.258 e. The lowest BCUT2D eigenvalue weighted by atomic mass is 9.99. The zero-order valence-electron chi connectivity index (χ0n) is 10.7. The second kappa shape index (κ2) is 5.10. The molecule has 3 rings (SSSR count). The number of nitrogens with zero attached hydrogens (tertiary/aromatic N) is 1. The molecule has 0 radical (unpaired) electrons. The standard InChI is InChI=1S/C16H12ClNO2/c17-12-7-5-11(6-8-12)16(20)18-10-9-15(19)13-3-1-2-4-14(13)18/h1-8H,9-10H2. The Balaban J connectivity index is 1.99. The molecule has 0 aromatic heterocycles. The zero-order chi connectivity index (χ0) is 14.1. The van der Waals surface area contributed by atoms with Crippen LogP contribution in [0.25, 0.3) is 0 Å². The van der Waals surface area contributed by atoms with Crippen molar-refractivity contribution in [3.8, 4) is 0 Å². The Morgan fingerprint density at radius 2 is 1.75 bits per heavy atom. The van der Waals surface area contributed by atoms with Gasteiger partial charge in [-0.3, -0.25) is 9.59 Å². The van der Waals surface area contributed by atoms with Crippen LogP contribution in [0.5, 0.6) is 0 Å². The third-order valence-corrected chi connectivity index (χ3v) is 3.65. The normalized spacial score (nSPS) is 14.1. The Kier molecular flexibility index (Phi) is 3.28. The molecule has 0 fully saturated rings. The number of rotatable bonds is 1. The van der Waals surface area contributed by atoms with Gasteiger partial charge in [-0.25, -0.2) is 0 Å². The van der Waals surface area contributed by atoms with Gasteiger partial charge < -0.3 is 4.90 Å². The predicted octanol–water partition coefficient (Wildman–Crippen LogP) is 3.57. The summed E-state index contributed by atoms with van der Waals surface area (Å²) in [5.41, 5.74) is 1.86. The van der Waals surface area contributed by atoms with Gasteiger partial charge in [0.25, 0.3) is 5.91 Å². The average Bonchev–Trinajstić information content (AvgIpc) is 2.48. The number of amides is 1. The molecule has 100 valence electrons. The Morgan fingerprint density at radius 3 is 2.50 bits per heavy atom. The number of ketones is 1. The SMILES string of the molecule is O=C1CCN(C(=O)c2ccc(Cl)cc2)c2ccccc21. The van der Waals surface area contributed by atoms with Crippen LogP contribution in [-0.2, 0) is 0 Å². The lowest BCUT2D eigenvalue weighted by molar-refractivity contribution is 0.0955. The van der Waals surface area contributed by atoms with Crippen LogP contribution in [0.1, 0.15) is 27.1 Å². The van der Waals surface area contributed by atoms with Crippen molar-refractivity contribution in [3.63, 3.8) is 0 Å². The third-order valence-electron chi connectivity index (χ3n) is 3.39. The Morgan fingerprint density at radius 1 is 1.05 bits per heavy atom. The number of fused-ring (bicyclic) bond motifs is 1. The van der Waals surface area contributed by atoms with Crippen molar-refractivity contribution >= 4 is 29.0 Å². The van der Waals surface area contributed by atoms with E-state index in [0.717, 1.165) is 0 Å². The van der Waals surface area contributed by atoms with Crippen LogP contribution in [0.15, 0.2) is 48.5 Å². The second-order valence-corrected chi connectivity index (χ2v) is 5.09. The van der Waals surface area contributed by atoms with E-state index in [2.05, 4.69) is 0 Å². The predicted molar refractivity (Wildman–Crippen MR) is 78.5 cm³/mol. The van der Waals surface area contributed by atoms with Crippen LogP contribution in [-0.4, -0.2) is 18.2 Å². The highest BCUT2D eigenvalue weighted by Crippen LogP contribution is 2.28. The van der Waals surface area contributed by atoms with E-state index < -0.39 is 0 Å². The van der Waals surface area contributed by atoms with Crippen LogP contribution in [0, 0.1) is 0 Å². The molecule has 0 unspecified atom stereocenters. The average molecular weight is 286 g/mol. The molecule has 0 atom stereocenters. The van der Waals surface area contributed by atoms with Crippen molar-refractivity contribution in [1.82, 2.24) is 0 Å². The minimum Gasteiger partial charge on any atom is -0.307 e. The van der Waals surface area contributed by atoms with E-state index in [1.807, 2.05) is 12.1 Å². The van der Waals surface area contributed by atoms with Crippen molar-refractivity contribution in [1.29, 1.82) is 0 Å². The van der Waals surface area contributed by atoms with Gasteiger partial charge in [0.15, 0.2) is 5.78 Å². The van der Waals surface area contributed by atoms with E-state index in [1.165, 1.54) is 0 Å². The number of para-hydroxylation sites is 1. The van der Waals surface area contributed by atoms with Crippen molar-refractivity contribution in [2.75, 3.05) is 11.4 Å². The molecule has 1 aliphatic rings. The van der Waals surface area contributed by atoms with E-state index >= 15 is 0 Å². The van der Waals surface area contributed by atoms with Crippen molar-refractivity contribution in [2.45, 2.75) is 6.42 Å². The zero-order valence-corrected chi connectivity index (χ0v) is 11.4. The number of hydrogen-bond donors (Lipinski definition) is 0. The molecule has 0 bridgehead atoms. The molecule has 1 amide bonds. The lowest BCUT2D eigenvalue weighted by Crippen LogP contribution is -2.37. The highest BCUT2D eigenvalue weighted by molar-refractivity contribution is 6.30. The van der Waals surface area contributed by atoms with Gasteiger partial charge in [0.2, 0.25) is 0 Å². The summed E-state index contributed by atoms with van der Waals surface area (Å²) in [7, 11) is 0. The summed E-state index contributed by atoms with van der Waals surface area (Å²) in [6.07, 6.45) is 0.357. The van der Waals surface area contributed by atoms with Crippen LogP contribution in [0.2, 0.25) is 5.02 Å². The van der Waals surface area contributed by atoms with E-state index in [4.69, 9.17) is 11.6 Å². The fraction of sp³-hybridized carbons (Fsp3) is 0.125. The topological polar surface area (TPSA) is 37.4 Å². The van der Waals surface area contributed by atoms with E-state index in [1.54, 1.807) is 41.3 Å². The number of carbonyl (C=O) groups excluding carboxylic acids is 2. The molecule has 0 aliphatic carbocycles. The van der Waals surface area contributed by atoms with Crippen LogP contribution in [0.3, 0.4) is 0 Å². The maximum absolute atomic E-state index is 12.6. The Labute approximate surface area is 121 Å². The summed E-state index contributed by atoms with van der Waals surface area (Å²) < 4.78 is 0. The van der Waals surface area contributed by atoms with E-state index in [-0.39, 0.29) is 11.7 Å². The van der Waals surface area contributed by atoms with Gasteiger partial charge in [-0.1, -0.05) is 23.7 Å². The largest absolute Gasteiger partial charge is 0.307 e. The molecule has 3 nitrogen and oxygen atoms in total. The third kappa shape index (κ3) is 2.21. The summed E-state index contributed by atoms with van der Waals surface area (Å²) >= 11 is 5.83. The highest BCUT2D eigenvalue weighted by atomic mass is 35.5. The first-order valence-corrected chi connectivity index (χ1v) is 6.74. The molecular weight excluding hydrogens is 274 g/mol. The lowest BCUT2D eigenvalue weighted by Gasteiger charge is -2.28. The molecule has 1 aliphatic heterocycles. The van der Waals surface area contributed by atoms with E-state index in [0.29, 0.717) is 34.8 Å². The first kappa shape index (κ1) is 12.9. The molecular formula is C16H12ClNO2. The second-order valence-electron chi connectivity index (χ2n) is 4.65. The van der Waals surface area contributed by atoms with Crippen LogP contribution < -0.4 is 4.90 Å². The van der Waals surface area contributed by atoms with Gasteiger partial charge >= 0.3 is 0 Å². The molecule has 2 aromatic rings. The fourth-order valence-electron chi connectivity index (χ4n) is 2.37. The van der Waals surface area contributed by atoms with Gasteiger partial charge in [-0.2, -0.15) is 0 Å². The molecule has 0 spiro atoms. The summed E-state index contributed by atoms with van der Waals surface area (Å²) in [5, 5.41) is 0.593. The molecule has 0 N–H and O–H groups in total. The summed E-state index contributed by atoms with van der Waals surface area (Å²) in [4.78, 5) is 26.1. The number of halogens is 1. The summed E-state index contributed by atoms with van der Waals surface area (Å²) in [6, 6.07) is 14.0. The Hall–Kier alpha value is -2.13. The van der Waals surface area contributed by atoms with Gasteiger partial charge in [-0.15, -0.1) is 0 Å². The monoisotopic (exact) mass is 285 g/mol. The minimum absolute atomic E-state index is 0.0840. The molecule has 2 aromatic carbocycles. The van der Waals surface area contributed by atoms with Crippen LogP contribution in [0.4, 0.5) is 5.69 Å². The highest BCUT2D eigenvalue weighted by Gasteiger charge is 2.27. The molecule has 1 heterocycles. The summed E-state index contributed by atoms with van der Waals surface area (Å²) in [5.74, 6) is -0.0256. The summed E-state index contributed by atoms with van der Waals surface area (Å²) in [6.45, 7) is 0.414. The number of hydrogen-bond acceptors (Lipinski definition) is 2. The number of anilines is 1. The number of Topliss-reactive ketones (excluding diaryl/α,β-unsaturated/α-hetero) is 1. The first-order valence-electron chi connectivity index (χ1n) is 6.36. The van der Waals surface area contributed by atoms with E-state index in [9.17, 15) is 9.59 Å². The van der Waals surface area contributed by atoms with Gasteiger partial charge in [0, 0.05) is 29.1 Å². The van der Waals surface area contributed by atoms with Gasteiger partial charge in [0.1, 0.15) is 0 Å². The minimum atomic E-state index is -0.110. The Bertz CT molecular complexity index is 679. The van der Waals surface area contributed by atoms with Crippen molar-refractivity contribution in [2.24, 2.45) is 0 Å². The van der Waals surface area contributed by atoms with Gasteiger partial charge in [-0.05, 0) is 36.4 Å². The van der Waals surface area contributed by atoms with Gasteiger partial charge in [0.05, 0.1) is 5.69 Å². The molecule has 20 heavy (non-hydrogen) atoms. The molecule has 4 heteroatoms. The van der Waals surface area contributed by atoms with Crippen molar-refractivity contribution < 1.29 is 9.59 Å². The molecule has 0 saturated carbocycles. The number of benzene rings is 2. The number of carbonyl (C=O) groups is 2.